The first-order chi connectivity index (χ1) is 11.1. The molecule has 1 heterocycles. The smallest absolute Gasteiger partial charge is 0.191 e. The van der Waals surface area contributed by atoms with E-state index in [1.54, 1.807) is 25.5 Å². The summed E-state index contributed by atoms with van der Waals surface area (Å²) in [4.78, 5) is 4.14. The highest BCUT2D eigenvalue weighted by molar-refractivity contribution is 14.0. The van der Waals surface area contributed by atoms with E-state index in [0.29, 0.717) is 24.8 Å². The number of guanidine groups is 1. The van der Waals surface area contributed by atoms with E-state index in [1.807, 2.05) is 18.5 Å². The Hall–Kier alpha value is -1.91. The Morgan fingerprint density at radius 2 is 2.04 bits per heavy atom. The fourth-order valence-corrected chi connectivity index (χ4v) is 1.88. The maximum Gasteiger partial charge on any atom is 0.191 e. The zero-order valence-corrected chi connectivity index (χ0v) is 16.2. The molecule has 7 nitrogen and oxygen atoms in total. The van der Waals surface area contributed by atoms with Crippen molar-refractivity contribution >= 4 is 29.9 Å². The highest BCUT2D eigenvalue weighted by Gasteiger charge is 2.07. The number of halogens is 2. The van der Waals surface area contributed by atoms with Crippen molar-refractivity contribution in [3.8, 4) is 5.75 Å². The summed E-state index contributed by atoms with van der Waals surface area (Å²) in [6.07, 6.45) is 1.54. The molecule has 1 aromatic heterocycles. The Morgan fingerprint density at radius 3 is 2.62 bits per heavy atom. The molecule has 0 saturated heterocycles. The van der Waals surface area contributed by atoms with E-state index in [-0.39, 0.29) is 35.9 Å². The van der Waals surface area contributed by atoms with Crippen LogP contribution in [0.15, 0.2) is 35.6 Å². The fraction of sp³-hybridized carbons (Fsp3) is 0.400. The number of hydrogen-bond acceptors (Lipinski definition) is 4. The number of aromatic nitrogens is 3. The van der Waals surface area contributed by atoms with E-state index in [1.165, 1.54) is 12.1 Å². The van der Waals surface area contributed by atoms with Gasteiger partial charge in [0.25, 0.3) is 0 Å². The van der Waals surface area contributed by atoms with Gasteiger partial charge < -0.3 is 19.9 Å². The Bertz CT molecular complexity index is 646. The molecule has 24 heavy (non-hydrogen) atoms. The Kier molecular flexibility index (Phi) is 8.44. The molecule has 0 radical (unpaired) electrons. The molecule has 0 spiro atoms. The maximum absolute atomic E-state index is 12.9. The zero-order chi connectivity index (χ0) is 16.7. The van der Waals surface area contributed by atoms with Crippen molar-refractivity contribution in [3.63, 3.8) is 0 Å². The monoisotopic (exact) mass is 448 g/mol. The first-order valence-electron chi connectivity index (χ1n) is 7.28. The normalized spacial score (nSPS) is 12.2. The van der Waals surface area contributed by atoms with Gasteiger partial charge in [-0.05, 0) is 31.2 Å². The predicted octanol–water partition coefficient (Wildman–Crippen LogP) is 1.70. The van der Waals surface area contributed by atoms with Crippen LogP contribution in [0.25, 0.3) is 0 Å². The van der Waals surface area contributed by atoms with Gasteiger partial charge in [0.15, 0.2) is 11.8 Å². The van der Waals surface area contributed by atoms with Crippen LogP contribution in [0, 0.1) is 5.82 Å². The molecular formula is C15H22FIN6O. The average Bonchev–Trinajstić information content (AvgIpc) is 2.95. The summed E-state index contributed by atoms with van der Waals surface area (Å²) >= 11 is 0. The van der Waals surface area contributed by atoms with E-state index in [9.17, 15) is 4.39 Å². The molecule has 2 N–H and O–H groups in total. The highest BCUT2D eigenvalue weighted by Crippen LogP contribution is 2.12. The van der Waals surface area contributed by atoms with Crippen LogP contribution in [0.2, 0.25) is 0 Å². The molecule has 0 amide bonds. The predicted molar refractivity (Wildman–Crippen MR) is 101 cm³/mol. The molecule has 1 aromatic carbocycles. The number of benzene rings is 1. The van der Waals surface area contributed by atoms with E-state index in [0.717, 1.165) is 5.82 Å². The number of nitrogens with one attached hydrogen (secondary N) is 2. The molecule has 1 atom stereocenters. The van der Waals surface area contributed by atoms with Gasteiger partial charge in [-0.2, -0.15) is 0 Å². The third kappa shape index (κ3) is 6.30. The largest absolute Gasteiger partial charge is 0.489 e. The third-order valence-electron chi connectivity index (χ3n) is 3.15. The molecule has 2 rings (SSSR count). The second-order valence-corrected chi connectivity index (χ2v) is 5.05. The Balaban J connectivity index is 0.00000288. The van der Waals surface area contributed by atoms with Crippen molar-refractivity contribution in [2.75, 3.05) is 13.6 Å². The summed E-state index contributed by atoms with van der Waals surface area (Å²) in [6, 6.07) is 5.95. The first-order valence-corrected chi connectivity index (χ1v) is 7.28. The number of rotatable bonds is 6. The van der Waals surface area contributed by atoms with Crippen molar-refractivity contribution < 1.29 is 9.13 Å². The van der Waals surface area contributed by atoms with E-state index >= 15 is 0 Å². The number of aliphatic imine (C=N–C) groups is 1. The van der Waals surface area contributed by atoms with Crippen LogP contribution >= 0.6 is 24.0 Å². The van der Waals surface area contributed by atoms with Gasteiger partial charge in [0.2, 0.25) is 0 Å². The van der Waals surface area contributed by atoms with E-state index in [4.69, 9.17) is 4.74 Å². The van der Waals surface area contributed by atoms with Crippen LogP contribution in [0.5, 0.6) is 5.75 Å². The molecule has 9 heteroatoms. The minimum Gasteiger partial charge on any atom is -0.489 e. The molecule has 0 aliphatic heterocycles. The van der Waals surface area contributed by atoms with Gasteiger partial charge in [-0.3, -0.25) is 4.99 Å². The van der Waals surface area contributed by atoms with Gasteiger partial charge in [0.05, 0.1) is 13.1 Å². The SMILES string of the molecule is CN=C(NCc1nncn1C)NCC(C)Oc1ccc(F)cc1.I. The van der Waals surface area contributed by atoms with Crippen LogP contribution in [-0.2, 0) is 13.6 Å². The molecule has 0 fully saturated rings. The van der Waals surface area contributed by atoms with Crippen LogP contribution in [0.4, 0.5) is 4.39 Å². The lowest BCUT2D eigenvalue weighted by atomic mass is 10.3. The van der Waals surface area contributed by atoms with Gasteiger partial charge in [-0.25, -0.2) is 4.39 Å². The number of nitrogens with zero attached hydrogens (tertiary/aromatic N) is 4. The second kappa shape index (κ2) is 10.1. The fourth-order valence-electron chi connectivity index (χ4n) is 1.88. The first kappa shape index (κ1) is 20.1. The number of hydrogen-bond donors (Lipinski definition) is 2. The number of aryl methyl sites for hydroxylation is 1. The lowest BCUT2D eigenvalue weighted by Crippen LogP contribution is -2.41. The van der Waals surface area contributed by atoms with E-state index < -0.39 is 0 Å². The van der Waals surface area contributed by atoms with Gasteiger partial charge in [0.1, 0.15) is 24.0 Å². The molecular weight excluding hydrogens is 426 g/mol. The van der Waals surface area contributed by atoms with Crippen LogP contribution in [0.3, 0.4) is 0 Å². The van der Waals surface area contributed by atoms with Crippen molar-refractivity contribution in [1.82, 2.24) is 25.4 Å². The minimum atomic E-state index is -0.281. The lowest BCUT2D eigenvalue weighted by Gasteiger charge is -2.17. The molecule has 0 aliphatic rings. The summed E-state index contributed by atoms with van der Waals surface area (Å²) in [5.41, 5.74) is 0. The van der Waals surface area contributed by atoms with Gasteiger partial charge in [-0.15, -0.1) is 34.2 Å². The standard InChI is InChI=1S/C15H21FN6O.HI/c1-11(23-13-6-4-12(16)5-7-13)8-18-15(17-2)19-9-14-21-20-10-22(14)3;/h4-7,10-11H,8-9H2,1-3H3,(H2,17,18,19);1H. The summed E-state index contributed by atoms with van der Waals surface area (Å²) in [6.45, 7) is 2.99. The van der Waals surface area contributed by atoms with Crippen LogP contribution in [-0.4, -0.2) is 40.4 Å². The van der Waals surface area contributed by atoms with Crippen molar-refractivity contribution in [2.24, 2.45) is 12.0 Å². The molecule has 0 bridgehead atoms. The van der Waals surface area contributed by atoms with Gasteiger partial charge in [0, 0.05) is 14.1 Å². The summed E-state index contributed by atoms with van der Waals surface area (Å²) in [5.74, 6) is 1.80. The molecule has 0 saturated carbocycles. The van der Waals surface area contributed by atoms with Crippen molar-refractivity contribution in [3.05, 3.63) is 42.2 Å². The molecule has 132 valence electrons. The number of ether oxygens (including phenoxy) is 1. The highest BCUT2D eigenvalue weighted by atomic mass is 127. The average molecular weight is 448 g/mol. The van der Waals surface area contributed by atoms with Gasteiger partial charge in [-0.1, -0.05) is 0 Å². The van der Waals surface area contributed by atoms with E-state index in [2.05, 4.69) is 25.8 Å². The van der Waals surface area contributed by atoms with Crippen LogP contribution < -0.4 is 15.4 Å². The summed E-state index contributed by atoms with van der Waals surface area (Å²) < 4.78 is 20.4. The zero-order valence-electron chi connectivity index (χ0n) is 13.9. The molecule has 0 aliphatic carbocycles. The third-order valence-corrected chi connectivity index (χ3v) is 3.15. The quantitative estimate of drug-likeness (QED) is 0.400. The summed E-state index contributed by atoms with van der Waals surface area (Å²) in [7, 11) is 3.57. The minimum absolute atomic E-state index is 0. The lowest BCUT2D eigenvalue weighted by molar-refractivity contribution is 0.223. The maximum atomic E-state index is 12.9. The second-order valence-electron chi connectivity index (χ2n) is 5.05. The Morgan fingerprint density at radius 1 is 1.33 bits per heavy atom. The molecule has 1 unspecified atom stereocenters. The molecule has 2 aromatic rings. The topological polar surface area (TPSA) is 76.4 Å². The van der Waals surface area contributed by atoms with Crippen LogP contribution in [0.1, 0.15) is 12.7 Å². The van der Waals surface area contributed by atoms with Crippen molar-refractivity contribution in [1.29, 1.82) is 0 Å². The van der Waals surface area contributed by atoms with Gasteiger partial charge >= 0.3 is 0 Å². The summed E-state index contributed by atoms with van der Waals surface area (Å²) in [5, 5.41) is 14.1. The van der Waals surface area contributed by atoms with Crippen molar-refractivity contribution in [2.45, 2.75) is 19.6 Å². The Labute approximate surface area is 157 Å².